The normalized spacial score (nSPS) is 12.8. The van der Waals surface area contributed by atoms with Crippen molar-refractivity contribution < 1.29 is 20.1 Å². The molecule has 0 saturated heterocycles. The molecule has 0 unspecified atom stereocenters. The van der Waals surface area contributed by atoms with Crippen molar-refractivity contribution in [2.24, 2.45) is 5.92 Å². The van der Waals surface area contributed by atoms with Crippen LogP contribution >= 0.6 is 0 Å². The van der Waals surface area contributed by atoms with E-state index < -0.39 is 5.97 Å². The lowest BCUT2D eigenvalue weighted by Crippen LogP contribution is -1.98. The topological polar surface area (TPSA) is 77.8 Å². The van der Waals surface area contributed by atoms with E-state index in [-0.39, 0.29) is 23.8 Å². The maximum atomic E-state index is 10.5. The third kappa shape index (κ3) is 4.02. The van der Waals surface area contributed by atoms with Gasteiger partial charge in [0.1, 0.15) is 11.5 Å². The van der Waals surface area contributed by atoms with E-state index in [0.29, 0.717) is 23.1 Å². The number of aromatic hydroxyl groups is 2. The summed E-state index contributed by atoms with van der Waals surface area (Å²) in [6, 6.07) is 1.51. The third-order valence-electron chi connectivity index (χ3n) is 3.29. The van der Waals surface area contributed by atoms with E-state index in [1.54, 1.807) is 19.9 Å². The summed E-state index contributed by atoms with van der Waals surface area (Å²) in [4.78, 5) is 10.5. The molecule has 0 aliphatic rings. The average molecular weight is 264 g/mol. The first kappa shape index (κ1) is 15.1. The molecule has 4 heteroatoms. The first-order valence-electron chi connectivity index (χ1n) is 6.25. The van der Waals surface area contributed by atoms with Crippen molar-refractivity contribution in [3.63, 3.8) is 0 Å². The van der Waals surface area contributed by atoms with Gasteiger partial charge in [-0.25, -0.2) is 0 Å². The number of carboxylic acids is 1. The van der Waals surface area contributed by atoms with Crippen LogP contribution in [0.25, 0.3) is 6.08 Å². The fourth-order valence-corrected chi connectivity index (χ4v) is 1.75. The molecular weight excluding hydrogens is 244 g/mol. The van der Waals surface area contributed by atoms with Gasteiger partial charge in [0.05, 0.1) is 0 Å². The standard InChI is InChI=1S/C15H20O4/c1-9(5-7-14(17)18)4-6-12-8-13(16)10(2)11(3)15(12)19/h4,6,8-9,16,19H,5,7H2,1-3H3,(H,17,18)/t9-/m1/s1. The Hall–Kier alpha value is -1.97. The third-order valence-corrected chi connectivity index (χ3v) is 3.29. The summed E-state index contributed by atoms with van der Waals surface area (Å²) >= 11 is 0. The first-order valence-corrected chi connectivity index (χ1v) is 6.25. The molecule has 1 rings (SSSR count). The van der Waals surface area contributed by atoms with Crippen molar-refractivity contribution in [2.75, 3.05) is 0 Å². The molecule has 0 saturated carbocycles. The van der Waals surface area contributed by atoms with Crippen LogP contribution in [0.5, 0.6) is 11.5 Å². The van der Waals surface area contributed by atoms with E-state index in [0.717, 1.165) is 0 Å². The predicted octanol–water partition coefficient (Wildman–Crippen LogP) is 3.23. The quantitative estimate of drug-likeness (QED) is 0.713. The van der Waals surface area contributed by atoms with Gasteiger partial charge in [-0.15, -0.1) is 0 Å². The largest absolute Gasteiger partial charge is 0.508 e. The van der Waals surface area contributed by atoms with Gasteiger partial charge in [0.2, 0.25) is 0 Å². The van der Waals surface area contributed by atoms with Crippen molar-refractivity contribution >= 4 is 12.0 Å². The number of rotatable bonds is 5. The van der Waals surface area contributed by atoms with E-state index >= 15 is 0 Å². The highest BCUT2D eigenvalue weighted by Gasteiger charge is 2.09. The lowest BCUT2D eigenvalue weighted by molar-refractivity contribution is -0.137. The number of carboxylic acid groups (broad SMARTS) is 1. The second-order valence-corrected chi connectivity index (χ2v) is 4.85. The fourth-order valence-electron chi connectivity index (χ4n) is 1.75. The molecule has 19 heavy (non-hydrogen) atoms. The zero-order valence-electron chi connectivity index (χ0n) is 11.5. The molecule has 0 aromatic heterocycles. The molecule has 0 aliphatic carbocycles. The predicted molar refractivity (Wildman–Crippen MR) is 74.3 cm³/mol. The van der Waals surface area contributed by atoms with Crippen LogP contribution in [-0.4, -0.2) is 21.3 Å². The number of phenolic OH excluding ortho intramolecular Hbond substituents is 2. The fraction of sp³-hybridized carbons (Fsp3) is 0.400. The summed E-state index contributed by atoms with van der Waals surface area (Å²) < 4.78 is 0. The summed E-state index contributed by atoms with van der Waals surface area (Å²) in [5.74, 6) is -0.420. The van der Waals surface area contributed by atoms with Crippen LogP contribution in [0.15, 0.2) is 12.1 Å². The SMILES string of the molecule is Cc1c(O)cc(C=C[C@@H](C)CCC(=O)O)c(O)c1C. The van der Waals surface area contributed by atoms with E-state index in [1.807, 2.05) is 13.0 Å². The number of hydrogen-bond donors (Lipinski definition) is 3. The highest BCUT2D eigenvalue weighted by atomic mass is 16.4. The van der Waals surface area contributed by atoms with Gasteiger partial charge >= 0.3 is 5.97 Å². The molecule has 4 nitrogen and oxygen atoms in total. The van der Waals surface area contributed by atoms with Crippen molar-refractivity contribution in [3.8, 4) is 11.5 Å². The first-order chi connectivity index (χ1) is 8.82. The van der Waals surface area contributed by atoms with Crippen molar-refractivity contribution in [2.45, 2.75) is 33.6 Å². The molecule has 0 radical (unpaired) electrons. The van der Waals surface area contributed by atoms with Gasteiger partial charge in [0, 0.05) is 12.0 Å². The number of benzene rings is 1. The van der Waals surface area contributed by atoms with Gasteiger partial charge < -0.3 is 15.3 Å². The molecule has 1 aromatic carbocycles. The molecule has 3 N–H and O–H groups in total. The maximum Gasteiger partial charge on any atom is 0.303 e. The zero-order valence-corrected chi connectivity index (χ0v) is 11.5. The van der Waals surface area contributed by atoms with Crippen LogP contribution in [0.2, 0.25) is 0 Å². The Kier molecular flexibility index (Phi) is 4.98. The number of aliphatic carboxylic acids is 1. The average Bonchev–Trinajstić information content (AvgIpc) is 2.36. The Balaban J connectivity index is 2.85. The Morgan fingerprint density at radius 3 is 2.53 bits per heavy atom. The molecule has 0 spiro atoms. The van der Waals surface area contributed by atoms with Gasteiger partial charge in [-0.3, -0.25) is 4.79 Å². The van der Waals surface area contributed by atoms with E-state index in [2.05, 4.69) is 0 Å². The molecule has 1 aromatic rings. The highest BCUT2D eigenvalue weighted by Crippen LogP contribution is 2.32. The van der Waals surface area contributed by atoms with E-state index in [9.17, 15) is 15.0 Å². The lowest BCUT2D eigenvalue weighted by Gasteiger charge is -2.10. The van der Waals surface area contributed by atoms with Crippen LogP contribution in [0.1, 0.15) is 36.5 Å². The summed E-state index contributed by atoms with van der Waals surface area (Å²) in [7, 11) is 0. The summed E-state index contributed by atoms with van der Waals surface area (Å²) in [5.41, 5.74) is 1.86. The smallest absolute Gasteiger partial charge is 0.303 e. The lowest BCUT2D eigenvalue weighted by atomic mass is 10.00. The number of hydrogen-bond acceptors (Lipinski definition) is 3. The molecule has 0 fully saturated rings. The van der Waals surface area contributed by atoms with Gasteiger partial charge in [0.25, 0.3) is 0 Å². The second kappa shape index (κ2) is 6.27. The minimum Gasteiger partial charge on any atom is -0.508 e. The van der Waals surface area contributed by atoms with E-state index in [4.69, 9.17) is 5.11 Å². The number of carbonyl (C=O) groups is 1. The summed E-state index contributed by atoms with van der Waals surface area (Å²) in [6.07, 6.45) is 4.22. The molecule has 0 aliphatic heterocycles. The molecule has 1 atom stereocenters. The Bertz CT molecular complexity index is 503. The van der Waals surface area contributed by atoms with Crippen LogP contribution in [0.3, 0.4) is 0 Å². The second-order valence-electron chi connectivity index (χ2n) is 4.85. The molecule has 0 bridgehead atoms. The van der Waals surface area contributed by atoms with Gasteiger partial charge in [-0.1, -0.05) is 19.1 Å². The molecule has 0 heterocycles. The summed E-state index contributed by atoms with van der Waals surface area (Å²) in [6.45, 7) is 5.40. The molecule has 104 valence electrons. The zero-order chi connectivity index (χ0) is 14.6. The van der Waals surface area contributed by atoms with Gasteiger partial charge in [0.15, 0.2) is 0 Å². The van der Waals surface area contributed by atoms with E-state index in [1.165, 1.54) is 6.07 Å². The minimum atomic E-state index is -0.813. The van der Waals surface area contributed by atoms with Crippen molar-refractivity contribution in [1.29, 1.82) is 0 Å². The highest BCUT2D eigenvalue weighted by molar-refractivity contribution is 5.67. The van der Waals surface area contributed by atoms with Crippen LogP contribution in [-0.2, 0) is 4.79 Å². The van der Waals surface area contributed by atoms with Crippen LogP contribution in [0, 0.1) is 19.8 Å². The number of phenols is 2. The van der Waals surface area contributed by atoms with Gasteiger partial charge in [-0.2, -0.15) is 0 Å². The van der Waals surface area contributed by atoms with Crippen molar-refractivity contribution in [1.82, 2.24) is 0 Å². The van der Waals surface area contributed by atoms with Crippen LogP contribution in [0.4, 0.5) is 0 Å². The Morgan fingerprint density at radius 1 is 1.32 bits per heavy atom. The Labute approximate surface area is 113 Å². The maximum absolute atomic E-state index is 10.5. The van der Waals surface area contributed by atoms with Crippen molar-refractivity contribution in [3.05, 3.63) is 28.8 Å². The van der Waals surface area contributed by atoms with Crippen LogP contribution < -0.4 is 0 Å². The minimum absolute atomic E-state index is 0.0965. The molecular formula is C15H20O4. The molecule has 0 amide bonds. The van der Waals surface area contributed by atoms with Gasteiger partial charge in [-0.05, 0) is 43.4 Å². The monoisotopic (exact) mass is 264 g/mol. The summed E-state index contributed by atoms with van der Waals surface area (Å²) in [5, 5.41) is 28.3. The Morgan fingerprint density at radius 2 is 1.95 bits per heavy atom. The number of allylic oxidation sites excluding steroid dienone is 1.